The van der Waals surface area contributed by atoms with Crippen LogP contribution in [0.5, 0.6) is 0 Å². The van der Waals surface area contributed by atoms with E-state index in [0.717, 1.165) is 6.42 Å². The maximum absolute atomic E-state index is 12.3. The Bertz CT molecular complexity index is 524. The first-order valence-corrected chi connectivity index (χ1v) is 8.01. The van der Waals surface area contributed by atoms with E-state index in [1.165, 1.54) is 6.20 Å². The second-order valence-electron chi connectivity index (χ2n) is 6.77. The van der Waals surface area contributed by atoms with E-state index < -0.39 is 15.6 Å². The van der Waals surface area contributed by atoms with Crippen molar-refractivity contribution in [2.45, 2.75) is 64.9 Å². The van der Waals surface area contributed by atoms with Crippen molar-refractivity contribution in [2.75, 3.05) is 0 Å². The van der Waals surface area contributed by atoms with Crippen molar-refractivity contribution in [1.82, 2.24) is 14.7 Å². The van der Waals surface area contributed by atoms with Gasteiger partial charge in [0.25, 0.3) is 10.0 Å². The fraction of sp³-hybridized carbons (Fsp3) is 0.769. The van der Waals surface area contributed by atoms with E-state index in [9.17, 15) is 8.42 Å². The molecule has 0 spiro atoms. The number of rotatable bonds is 5. The van der Waals surface area contributed by atoms with Gasteiger partial charge in [0.2, 0.25) is 0 Å². The molecule has 19 heavy (non-hydrogen) atoms. The van der Waals surface area contributed by atoms with Crippen LogP contribution < -0.4 is 4.72 Å². The molecular formula is C13H25N3O2S. The predicted molar refractivity (Wildman–Crippen MR) is 76.4 cm³/mol. The van der Waals surface area contributed by atoms with Crippen molar-refractivity contribution in [3.63, 3.8) is 0 Å². The Balaban J connectivity index is 2.90. The maximum atomic E-state index is 12.3. The zero-order valence-corrected chi connectivity index (χ0v) is 13.5. The number of aryl methyl sites for hydroxylation is 1. The third-order valence-corrected chi connectivity index (χ3v) is 4.22. The summed E-state index contributed by atoms with van der Waals surface area (Å²) >= 11 is 0. The largest absolute Gasteiger partial charge is 0.332 e. The SMILES string of the molecule is CCc1ncc(S(=O)(=O)NC(C)(C)CC(C)(C)C)[nH]1. The van der Waals surface area contributed by atoms with Gasteiger partial charge < -0.3 is 4.98 Å². The van der Waals surface area contributed by atoms with E-state index in [-0.39, 0.29) is 10.4 Å². The van der Waals surface area contributed by atoms with E-state index in [1.54, 1.807) is 0 Å². The van der Waals surface area contributed by atoms with Gasteiger partial charge in [-0.25, -0.2) is 18.1 Å². The minimum Gasteiger partial charge on any atom is -0.332 e. The van der Waals surface area contributed by atoms with E-state index >= 15 is 0 Å². The van der Waals surface area contributed by atoms with Crippen molar-refractivity contribution < 1.29 is 8.42 Å². The molecule has 0 aromatic carbocycles. The second-order valence-corrected chi connectivity index (χ2v) is 8.43. The van der Waals surface area contributed by atoms with Gasteiger partial charge in [-0.2, -0.15) is 0 Å². The standard InChI is InChI=1S/C13H25N3O2S/c1-7-10-14-8-11(15-10)19(17,18)16-13(5,6)9-12(2,3)4/h8,16H,7,9H2,1-6H3,(H,14,15). The number of sulfonamides is 1. The third-order valence-electron chi connectivity index (χ3n) is 2.61. The molecule has 2 N–H and O–H groups in total. The summed E-state index contributed by atoms with van der Waals surface area (Å²) < 4.78 is 27.3. The van der Waals surface area contributed by atoms with Gasteiger partial charge in [-0.15, -0.1) is 0 Å². The molecule has 0 atom stereocenters. The number of aromatic amines is 1. The Morgan fingerprint density at radius 2 is 1.84 bits per heavy atom. The van der Waals surface area contributed by atoms with Crippen LogP contribution in [-0.4, -0.2) is 23.9 Å². The quantitative estimate of drug-likeness (QED) is 0.873. The van der Waals surface area contributed by atoms with Crippen LogP contribution in [0.25, 0.3) is 0 Å². The average molecular weight is 287 g/mol. The predicted octanol–water partition coefficient (Wildman–Crippen LogP) is 2.47. The van der Waals surface area contributed by atoms with Crippen LogP contribution >= 0.6 is 0 Å². The molecule has 0 radical (unpaired) electrons. The molecule has 1 heterocycles. The highest BCUT2D eigenvalue weighted by Gasteiger charge is 2.31. The highest BCUT2D eigenvalue weighted by atomic mass is 32.2. The number of aromatic nitrogens is 2. The monoisotopic (exact) mass is 287 g/mol. The van der Waals surface area contributed by atoms with Crippen LogP contribution in [0.2, 0.25) is 0 Å². The summed E-state index contributed by atoms with van der Waals surface area (Å²) in [5.74, 6) is 0.675. The molecule has 0 saturated heterocycles. The Morgan fingerprint density at radius 1 is 1.26 bits per heavy atom. The van der Waals surface area contributed by atoms with E-state index in [2.05, 4.69) is 35.5 Å². The Morgan fingerprint density at radius 3 is 2.26 bits per heavy atom. The Hall–Kier alpha value is -0.880. The summed E-state index contributed by atoms with van der Waals surface area (Å²) in [6.45, 7) is 12.0. The summed E-state index contributed by atoms with van der Waals surface area (Å²) in [7, 11) is -3.55. The van der Waals surface area contributed by atoms with E-state index in [0.29, 0.717) is 12.2 Å². The maximum Gasteiger partial charge on any atom is 0.258 e. The lowest BCUT2D eigenvalue weighted by Crippen LogP contribution is -2.45. The molecule has 1 rings (SSSR count). The molecule has 0 bridgehead atoms. The summed E-state index contributed by atoms with van der Waals surface area (Å²) in [6, 6.07) is 0. The van der Waals surface area contributed by atoms with Crippen molar-refractivity contribution >= 4 is 10.0 Å². The molecule has 0 aliphatic carbocycles. The molecule has 0 aliphatic rings. The van der Waals surface area contributed by atoms with Crippen LogP contribution in [0.3, 0.4) is 0 Å². The van der Waals surface area contributed by atoms with Crippen LogP contribution in [-0.2, 0) is 16.4 Å². The van der Waals surface area contributed by atoms with Crippen LogP contribution in [0, 0.1) is 5.41 Å². The highest BCUT2D eigenvalue weighted by molar-refractivity contribution is 7.89. The lowest BCUT2D eigenvalue weighted by molar-refractivity contribution is 0.269. The zero-order chi connectivity index (χ0) is 14.9. The summed E-state index contributed by atoms with van der Waals surface area (Å²) in [4.78, 5) is 6.86. The molecule has 0 unspecified atom stereocenters. The van der Waals surface area contributed by atoms with Gasteiger partial charge in [0.15, 0.2) is 5.03 Å². The Labute approximate surface area is 116 Å². The summed E-state index contributed by atoms with van der Waals surface area (Å²) in [5, 5.41) is 0.131. The topological polar surface area (TPSA) is 74.8 Å². The van der Waals surface area contributed by atoms with Gasteiger partial charge >= 0.3 is 0 Å². The molecule has 0 aliphatic heterocycles. The normalized spacial score (nSPS) is 13.8. The van der Waals surface area contributed by atoms with Crippen molar-refractivity contribution in [3.8, 4) is 0 Å². The Kier molecular flexibility index (Phi) is 4.47. The molecule has 0 saturated carbocycles. The van der Waals surface area contributed by atoms with Crippen molar-refractivity contribution in [1.29, 1.82) is 0 Å². The lowest BCUT2D eigenvalue weighted by atomic mass is 9.82. The number of hydrogen-bond acceptors (Lipinski definition) is 3. The number of nitrogens with one attached hydrogen (secondary N) is 2. The molecule has 0 amide bonds. The summed E-state index contributed by atoms with van der Waals surface area (Å²) in [6.07, 6.45) is 2.79. The first kappa shape index (κ1) is 16.2. The fourth-order valence-electron chi connectivity index (χ4n) is 2.44. The zero-order valence-electron chi connectivity index (χ0n) is 12.7. The van der Waals surface area contributed by atoms with Crippen LogP contribution in [0.4, 0.5) is 0 Å². The first-order chi connectivity index (χ1) is 8.45. The van der Waals surface area contributed by atoms with Crippen LogP contribution in [0.1, 0.15) is 53.8 Å². The smallest absolute Gasteiger partial charge is 0.258 e. The third kappa shape index (κ3) is 4.95. The van der Waals surface area contributed by atoms with E-state index in [4.69, 9.17) is 0 Å². The van der Waals surface area contributed by atoms with Gasteiger partial charge in [0.1, 0.15) is 5.82 Å². The van der Waals surface area contributed by atoms with Crippen molar-refractivity contribution in [3.05, 3.63) is 12.0 Å². The molecule has 1 aromatic heterocycles. The minimum atomic E-state index is -3.55. The molecule has 110 valence electrons. The highest BCUT2D eigenvalue weighted by Crippen LogP contribution is 2.27. The molecule has 0 fully saturated rings. The van der Waals surface area contributed by atoms with Crippen molar-refractivity contribution in [2.24, 2.45) is 5.41 Å². The number of H-pyrrole nitrogens is 1. The summed E-state index contributed by atoms with van der Waals surface area (Å²) in [5.41, 5.74) is -0.455. The fourth-order valence-corrected chi connectivity index (χ4v) is 3.79. The molecule has 5 nitrogen and oxygen atoms in total. The van der Waals surface area contributed by atoms with Crippen LogP contribution in [0.15, 0.2) is 11.2 Å². The first-order valence-electron chi connectivity index (χ1n) is 6.53. The molecular weight excluding hydrogens is 262 g/mol. The van der Waals surface area contributed by atoms with Gasteiger partial charge in [0, 0.05) is 12.0 Å². The number of nitrogens with zero attached hydrogens (tertiary/aromatic N) is 1. The van der Waals surface area contributed by atoms with E-state index in [1.807, 2.05) is 20.8 Å². The molecule has 6 heteroatoms. The van der Waals surface area contributed by atoms with Gasteiger partial charge in [-0.1, -0.05) is 27.7 Å². The van der Waals surface area contributed by atoms with Gasteiger partial charge in [0.05, 0.1) is 6.20 Å². The lowest BCUT2D eigenvalue weighted by Gasteiger charge is -2.32. The minimum absolute atomic E-state index is 0.0502. The number of imidazole rings is 1. The average Bonchev–Trinajstić information content (AvgIpc) is 2.59. The van der Waals surface area contributed by atoms with Gasteiger partial charge in [-0.05, 0) is 25.7 Å². The van der Waals surface area contributed by atoms with Gasteiger partial charge in [-0.3, -0.25) is 0 Å². The second kappa shape index (κ2) is 5.25. The molecule has 1 aromatic rings. The number of hydrogen-bond donors (Lipinski definition) is 2.